The number of ether oxygens (including phenoxy) is 4. The Hall–Kier alpha value is -2.12. The molecule has 0 atom stereocenters. The van der Waals surface area contributed by atoms with Gasteiger partial charge in [-0.1, -0.05) is 49.6 Å². The highest BCUT2D eigenvalue weighted by molar-refractivity contribution is 7.09. The van der Waals surface area contributed by atoms with E-state index in [-0.39, 0.29) is 23.5 Å². The van der Waals surface area contributed by atoms with Gasteiger partial charge < -0.3 is 28.7 Å². The number of morpholine rings is 1. The van der Waals surface area contributed by atoms with Gasteiger partial charge in [0, 0.05) is 56.8 Å². The van der Waals surface area contributed by atoms with Crippen molar-refractivity contribution in [3.8, 4) is 0 Å². The lowest BCUT2D eigenvalue weighted by Crippen LogP contribution is -2.58. The van der Waals surface area contributed by atoms with Gasteiger partial charge in [-0.2, -0.15) is 0 Å². The molecule has 10 nitrogen and oxygen atoms in total. The molecule has 2 aliphatic heterocycles. The number of amides is 2. The zero-order valence-electron chi connectivity index (χ0n) is 28.2. The highest BCUT2D eigenvalue weighted by Crippen LogP contribution is 2.33. The number of likely N-dealkylation sites (tertiary alicyclic amines) is 1. The van der Waals surface area contributed by atoms with Crippen LogP contribution in [-0.2, 0) is 43.1 Å². The monoisotopic (exact) mass is 690 g/mol. The summed E-state index contributed by atoms with van der Waals surface area (Å²) in [5, 5.41) is 3.66. The molecule has 2 aromatic rings. The number of benzene rings is 1. The normalized spacial score (nSPS) is 18.8. The van der Waals surface area contributed by atoms with Crippen LogP contribution in [0, 0.1) is 0 Å². The molecule has 1 aromatic carbocycles. The average Bonchev–Trinajstić information content (AvgIpc) is 3.81. The van der Waals surface area contributed by atoms with E-state index in [0.29, 0.717) is 58.0 Å². The second-order valence-corrected chi connectivity index (χ2v) is 14.2. The standard InChI is InChI=1S/C35H51ClN4O6S/c1-4-30-37-29(24-47-30)34(42)39-18-21-46-35(25-39)14-16-38(17-15-35)22-27-9-7-8-26(33(27)36)12-19-45-20-13-31(41)40(23-32(43-2)44-3)28-10-5-6-11-28/h7-9,24,28,32H,4-6,10-23,25H2,1-3H3. The van der Waals surface area contributed by atoms with Crippen molar-refractivity contribution in [1.29, 1.82) is 0 Å². The molecule has 5 rings (SSSR count). The predicted molar refractivity (Wildman–Crippen MR) is 183 cm³/mol. The summed E-state index contributed by atoms with van der Waals surface area (Å²) in [6, 6.07) is 6.45. The summed E-state index contributed by atoms with van der Waals surface area (Å²) in [4.78, 5) is 37.1. The largest absolute Gasteiger partial charge is 0.381 e. The Morgan fingerprint density at radius 2 is 1.87 bits per heavy atom. The van der Waals surface area contributed by atoms with E-state index in [1.54, 1.807) is 25.6 Å². The number of aromatic nitrogens is 1. The van der Waals surface area contributed by atoms with Crippen LogP contribution in [0.2, 0.25) is 5.02 Å². The Bertz CT molecular complexity index is 1310. The third-order valence-corrected chi connectivity index (χ3v) is 11.3. The van der Waals surface area contributed by atoms with E-state index >= 15 is 0 Å². The van der Waals surface area contributed by atoms with Gasteiger partial charge in [-0.05, 0) is 49.7 Å². The van der Waals surface area contributed by atoms with E-state index in [2.05, 4.69) is 35.0 Å². The van der Waals surface area contributed by atoms with Gasteiger partial charge in [0.2, 0.25) is 5.91 Å². The molecular formula is C35H51ClN4O6S. The second kappa shape index (κ2) is 17.5. The van der Waals surface area contributed by atoms with Crippen LogP contribution in [0.5, 0.6) is 0 Å². The van der Waals surface area contributed by atoms with Crippen LogP contribution in [0.3, 0.4) is 0 Å². The molecule has 260 valence electrons. The number of carbonyl (C=O) groups excluding carboxylic acids is 2. The van der Waals surface area contributed by atoms with Crippen LogP contribution in [0.15, 0.2) is 23.6 Å². The molecule has 0 radical (unpaired) electrons. The molecule has 3 heterocycles. The molecule has 1 saturated carbocycles. The predicted octanol–water partition coefficient (Wildman–Crippen LogP) is 5.21. The fourth-order valence-corrected chi connectivity index (χ4v) is 8.02. The van der Waals surface area contributed by atoms with Crippen molar-refractivity contribution in [1.82, 2.24) is 19.7 Å². The summed E-state index contributed by atoms with van der Waals surface area (Å²) in [6.07, 6.45) is 7.53. The summed E-state index contributed by atoms with van der Waals surface area (Å²) in [5.41, 5.74) is 2.41. The zero-order valence-corrected chi connectivity index (χ0v) is 29.8. The van der Waals surface area contributed by atoms with Crippen molar-refractivity contribution < 1.29 is 28.5 Å². The lowest BCUT2D eigenvalue weighted by molar-refractivity contribution is -0.150. The summed E-state index contributed by atoms with van der Waals surface area (Å²) < 4.78 is 23.0. The number of thiazole rings is 1. The number of piperidine rings is 1. The Kier molecular flexibility index (Phi) is 13.5. The second-order valence-electron chi connectivity index (χ2n) is 12.9. The minimum absolute atomic E-state index is 0.0126. The van der Waals surface area contributed by atoms with E-state index in [4.69, 9.17) is 30.5 Å². The quantitative estimate of drug-likeness (QED) is 0.186. The van der Waals surface area contributed by atoms with Crippen LogP contribution in [0.4, 0.5) is 0 Å². The van der Waals surface area contributed by atoms with E-state index < -0.39 is 6.29 Å². The van der Waals surface area contributed by atoms with Gasteiger partial charge in [0.1, 0.15) is 5.69 Å². The first-order valence-corrected chi connectivity index (χ1v) is 18.4. The molecule has 0 bridgehead atoms. The van der Waals surface area contributed by atoms with E-state index in [9.17, 15) is 9.59 Å². The van der Waals surface area contributed by atoms with Gasteiger partial charge in [0.05, 0.1) is 49.9 Å². The maximum absolute atomic E-state index is 13.2. The number of nitrogens with zero attached hydrogens (tertiary/aromatic N) is 4. The molecule has 0 unspecified atom stereocenters. The zero-order chi connectivity index (χ0) is 33.2. The third-order valence-electron chi connectivity index (χ3n) is 9.86. The number of rotatable bonds is 15. The van der Waals surface area contributed by atoms with Crippen molar-refractivity contribution in [2.45, 2.75) is 89.2 Å². The molecule has 47 heavy (non-hydrogen) atoms. The minimum atomic E-state index is -0.425. The number of carbonyl (C=O) groups is 2. The highest BCUT2D eigenvalue weighted by Gasteiger charge is 2.41. The first-order chi connectivity index (χ1) is 22.8. The maximum Gasteiger partial charge on any atom is 0.273 e. The summed E-state index contributed by atoms with van der Waals surface area (Å²) in [6.45, 7) is 7.66. The molecular weight excluding hydrogens is 640 g/mol. The van der Waals surface area contributed by atoms with Crippen LogP contribution in [0.1, 0.15) is 78.5 Å². The molecule has 0 N–H and O–H groups in total. The molecule has 2 saturated heterocycles. The number of halogens is 1. The van der Waals surface area contributed by atoms with Gasteiger partial charge >= 0.3 is 0 Å². The topological polar surface area (TPSA) is 93.7 Å². The summed E-state index contributed by atoms with van der Waals surface area (Å²) >= 11 is 8.46. The van der Waals surface area contributed by atoms with E-state index in [1.165, 1.54) is 0 Å². The Labute approximate surface area is 288 Å². The van der Waals surface area contributed by atoms with Crippen LogP contribution < -0.4 is 0 Å². The average molecular weight is 691 g/mol. The summed E-state index contributed by atoms with van der Waals surface area (Å²) in [5.74, 6) is 0.0980. The Balaban J connectivity index is 1.06. The highest BCUT2D eigenvalue weighted by atomic mass is 35.5. The Morgan fingerprint density at radius 3 is 2.57 bits per heavy atom. The number of aryl methyl sites for hydroxylation is 1. The molecule has 2 amide bonds. The number of hydrogen-bond acceptors (Lipinski definition) is 9. The van der Waals surface area contributed by atoms with Gasteiger partial charge in [-0.3, -0.25) is 14.5 Å². The molecule has 1 spiro atoms. The SMILES string of the molecule is CCc1nc(C(=O)N2CCOC3(CCN(Cc4cccc(CCOCCC(=O)N(CC(OC)OC)C5CCCC5)c4Cl)CC3)C2)cs1. The van der Waals surface area contributed by atoms with E-state index in [1.807, 2.05) is 15.2 Å². The van der Waals surface area contributed by atoms with Gasteiger partial charge in [0.15, 0.2) is 6.29 Å². The van der Waals surface area contributed by atoms with Gasteiger partial charge in [-0.25, -0.2) is 4.98 Å². The van der Waals surface area contributed by atoms with Crippen molar-refractivity contribution in [3.63, 3.8) is 0 Å². The van der Waals surface area contributed by atoms with Gasteiger partial charge in [0.25, 0.3) is 5.91 Å². The minimum Gasteiger partial charge on any atom is -0.381 e. The van der Waals surface area contributed by atoms with Gasteiger partial charge in [-0.15, -0.1) is 11.3 Å². The van der Waals surface area contributed by atoms with Crippen LogP contribution in [0.25, 0.3) is 0 Å². The van der Waals surface area contributed by atoms with Crippen LogP contribution in [-0.4, -0.2) is 116 Å². The van der Waals surface area contributed by atoms with Crippen molar-refractivity contribution >= 4 is 34.8 Å². The number of methoxy groups -OCH3 is 2. The fourth-order valence-electron chi connectivity index (χ4n) is 7.03. The first kappa shape index (κ1) is 36.2. The van der Waals surface area contributed by atoms with Crippen molar-refractivity contribution in [2.24, 2.45) is 0 Å². The van der Waals surface area contributed by atoms with Crippen molar-refractivity contribution in [2.75, 3.05) is 66.8 Å². The summed E-state index contributed by atoms with van der Waals surface area (Å²) in [7, 11) is 3.21. The lowest BCUT2D eigenvalue weighted by Gasteiger charge is -2.47. The van der Waals surface area contributed by atoms with E-state index in [0.717, 1.165) is 85.7 Å². The maximum atomic E-state index is 13.2. The molecule has 3 fully saturated rings. The van der Waals surface area contributed by atoms with Crippen molar-refractivity contribution in [3.05, 3.63) is 50.4 Å². The van der Waals surface area contributed by atoms with Crippen LogP contribution >= 0.6 is 22.9 Å². The number of hydrogen-bond donors (Lipinski definition) is 0. The molecule has 1 aliphatic carbocycles. The lowest BCUT2D eigenvalue weighted by atomic mass is 9.89. The molecule has 1 aromatic heterocycles. The molecule has 12 heteroatoms. The molecule has 3 aliphatic rings. The smallest absolute Gasteiger partial charge is 0.273 e. The third kappa shape index (κ3) is 9.53. The Morgan fingerprint density at radius 1 is 1.13 bits per heavy atom. The first-order valence-electron chi connectivity index (χ1n) is 17.1. The fraction of sp³-hybridized carbons (Fsp3) is 0.686.